The minimum atomic E-state index is -0.0275. The molecule has 0 saturated carbocycles. The maximum atomic E-state index is 12.9. The number of nitrogens with zero attached hydrogens (tertiary/aromatic N) is 2. The van der Waals surface area contributed by atoms with Gasteiger partial charge in [-0.3, -0.25) is 4.79 Å². The number of morpholine rings is 1. The van der Waals surface area contributed by atoms with Gasteiger partial charge in [0.05, 0.1) is 24.9 Å². The highest BCUT2D eigenvalue weighted by Gasteiger charge is 2.21. The Morgan fingerprint density at radius 2 is 2.15 bits per heavy atom. The van der Waals surface area contributed by atoms with E-state index in [-0.39, 0.29) is 12.0 Å². The SMILES string of the molecule is CCSc1nc(N2CCOCC2)cc(C)c1C(=O)NCCC1CCCCO1. The van der Waals surface area contributed by atoms with Gasteiger partial charge in [0.15, 0.2) is 0 Å². The van der Waals surface area contributed by atoms with Crippen LogP contribution in [0.2, 0.25) is 0 Å². The quantitative estimate of drug-likeness (QED) is 0.719. The number of hydrogen-bond acceptors (Lipinski definition) is 6. The average Bonchev–Trinajstić information content (AvgIpc) is 2.69. The monoisotopic (exact) mass is 393 g/mol. The van der Waals surface area contributed by atoms with Gasteiger partial charge in [-0.2, -0.15) is 0 Å². The molecule has 2 saturated heterocycles. The largest absolute Gasteiger partial charge is 0.378 e. The van der Waals surface area contributed by atoms with Gasteiger partial charge in [-0.1, -0.05) is 6.92 Å². The van der Waals surface area contributed by atoms with Crippen LogP contribution in [-0.4, -0.2) is 62.2 Å². The summed E-state index contributed by atoms with van der Waals surface area (Å²) in [6, 6.07) is 2.03. The number of pyridine rings is 1. The third-order valence-corrected chi connectivity index (χ3v) is 5.90. The molecule has 6 nitrogen and oxygen atoms in total. The Hall–Kier alpha value is -1.31. The highest BCUT2D eigenvalue weighted by molar-refractivity contribution is 7.99. The van der Waals surface area contributed by atoms with Gasteiger partial charge in [-0.25, -0.2) is 4.98 Å². The van der Waals surface area contributed by atoms with Crippen LogP contribution in [0.5, 0.6) is 0 Å². The first-order valence-electron chi connectivity index (χ1n) is 10.1. The van der Waals surface area contributed by atoms with E-state index in [1.807, 2.05) is 13.0 Å². The molecule has 3 rings (SSSR count). The van der Waals surface area contributed by atoms with E-state index in [2.05, 4.69) is 17.1 Å². The van der Waals surface area contributed by atoms with Crippen molar-refractivity contribution < 1.29 is 14.3 Å². The van der Waals surface area contributed by atoms with Crippen molar-refractivity contribution in [2.75, 3.05) is 50.1 Å². The number of amides is 1. The Balaban J connectivity index is 1.67. The van der Waals surface area contributed by atoms with Gasteiger partial charge in [0.1, 0.15) is 10.8 Å². The first-order valence-corrected chi connectivity index (χ1v) is 11.0. The Bertz CT molecular complexity index is 629. The summed E-state index contributed by atoms with van der Waals surface area (Å²) in [5.74, 6) is 1.80. The molecular weight excluding hydrogens is 362 g/mol. The van der Waals surface area contributed by atoms with E-state index in [0.717, 1.165) is 74.3 Å². The number of thioether (sulfide) groups is 1. The lowest BCUT2D eigenvalue weighted by Gasteiger charge is -2.29. The number of nitrogens with one attached hydrogen (secondary N) is 1. The van der Waals surface area contributed by atoms with Crippen molar-refractivity contribution in [2.45, 2.75) is 50.7 Å². The number of rotatable bonds is 7. The first kappa shape index (κ1) is 20.4. The van der Waals surface area contributed by atoms with Gasteiger partial charge in [0.2, 0.25) is 0 Å². The maximum Gasteiger partial charge on any atom is 0.254 e. The number of carbonyl (C=O) groups excluding carboxylic acids is 1. The molecule has 1 aromatic rings. The minimum Gasteiger partial charge on any atom is -0.378 e. The topological polar surface area (TPSA) is 63.7 Å². The van der Waals surface area contributed by atoms with Gasteiger partial charge >= 0.3 is 0 Å². The lowest BCUT2D eigenvalue weighted by molar-refractivity contribution is 0.0117. The number of aromatic nitrogens is 1. The van der Waals surface area contributed by atoms with Crippen LogP contribution in [0.4, 0.5) is 5.82 Å². The van der Waals surface area contributed by atoms with Gasteiger partial charge in [-0.05, 0) is 50.0 Å². The highest BCUT2D eigenvalue weighted by atomic mass is 32.2. The van der Waals surface area contributed by atoms with Crippen LogP contribution >= 0.6 is 11.8 Å². The smallest absolute Gasteiger partial charge is 0.254 e. The van der Waals surface area contributed by atoms with E-state index in [1.165, 1.54) is 6.42 Å². The molecule has 0 radical (unpaired) electrons. The third kappa shape index (κ3) is 5.59. The van der Waals surface area contributed by atoms with Crippen LogP contribution in [0.25, 0.3) is 0 Å². The summed E-state index contributed by atoms with van der Waals surface area (Å²) in [5.41, 5.74) is 1.69. The molecule has 1 atom stereocenters. The molecule has 27 heavy (non-hydrogen) atoms. The normalized spacial score (nSPS) is 20.5. The fourth-order valence-corrected chi connectivity index (χ4v) is 4.40. The average molecular weight is 394 g/mol. The molecule has 3 heterocycles. The summed E-state index contributed by atoms with van der Waals surface area (Å²) in [6.45, 7) is 8.72. The number of anilines is 1. The predicted octanol–water partition coefficient (Wildman–Crippen LogP) is 3.03. The molecule has 1 N–H and O–H groups in total. The van der Waals surface area contributed by atoms with E-state index < -0.39 is 0 Å². The van der Waals surface area contributed by atoms with Crippen molar-refractivity contribution in [3.8, 4) is 0 Å². The van der Waals surface area contributed by atoms with Crippen LogP contribution in [0.3, 0.4) is 0 Å². The number of aryl methyl sites for hydroxylation is 1. The molecule has 150 valence electrons. The Kier molecular flexibility index (Phi) is 7.79. The molecule has 0 aliphatic carbocycles. The minimum absolute atomic E-state index is 0.0275. The zero-order valence-corrected chi connectivity index (χ0v) is 17.3. The van der Waals surface area contributed by atoms with E-state index in [1.54, 1.807) is 11.8 Å². The molecule has 2 aliphatic heterocycles. The van der Waals surface area contributed by atoms with Crippen LogP contribution in [0, 0.1) is 6.92 Å². The molecule has 2 aliphatic rings. The molecular formula is C20H31N3O3S. The molecule has 2 fully saturated rings. The third-order valence-electron chi connectivity index (χ3n) is 5.04. The van der Waals surface area contributed by atoms with Gasteiger partial charge in [0, 0.05) is 26.2 Å². The van der Waals surface area contributed by atoms with Crippen molar-refractivity contribution >= 4 is 23.5 Å². The van der Waals surface area contributed by atoms with Crippen molar-refractivity contribution in [1.82, 2.24) is 10.3 Å². The maximum absolute atomic E-state index is 12.9. The predicted molar refractivity (Wildman–Crippen MR) is 109 cm³/mol. The Labute approximate surface area is 166 Å². The van der Waals surface area contributed by atoms with E-state index in [4.69, 9.17) is 14.5 Å². The molecule has 7 heteroatoms. The fourth-order valence-electron chi connectivity index (χ4n) is 3.57. The van der Waals surface area contributed by atoms with Gasteiger partial charge in [0.25, 0.3) is 5.91 Å². The Morgan fingerprint density at radius 3 is 2.85 bits per heavy atom. The summed E-state index contributed by atoms with van der Waals surface area (Å²) >= 11 is 1.63. The highest BCUT2D eigenvalue weighted by Crippen LogP contribution is 2.28. The lowest BCUT2D eigenvalue weighted by Crippen LogP contribution is -2.37. The summed E-state index contributed by atoms with van der Waals surface area (Å²) in [5, 5.41) is 3.90. The van der Waals surface area contributed by atoms with Crippen molar-refractivity contribution in [2.24, 2.45) is 0 Å². The molecule has 1 amide bonds. The zero-order chi connectivity index (χ0) is 19.1. The second-order valence-electron chi connectivity index (χ2n) is 7.04. The van der Waals surface area contributed by atoms with Gasteiger partial charge in [-0.15, -0.1) is 11.8 Å². The van der Waals surface area contributed by atoms with Crippen LogP contribution in [-0.2, 0) is 9.47 Å². The molecule has 0 aromatic carbocycles. The molecule has 0 spiro atoms. The number of hydrogen-bond donors (Lipinski definition) is 1. The van der Waals surface area contributed by atoms with Crippen LogP contribution < -0.4 is 10.2 Å². The zero-order valence-electron chi connectivity index (χ0n) is 16.5. The second kappa shape index (κ2) is 10.3. The lowest BCUT2D eigenvalue weighted by atomic mass is 10.1. The number of ether oxygens (including phenoxy) is 2. The molecule has 0 bridgehead atoms. The van der Waals surface area contributed by atoms with Crippen LogP contribution in [0.15, 0.2) is 11.1 Å². The standard InChI is InChI=1S/C20H31N3O3S/c1-3-27-20-18(19(24)21-8-7-16-6-4-5-11-26-16)15(2)14-17(22-20)23-9-12-25-13-10-23/h14,16H,3-13H2,1-2H3,(H,21,24). The van der Waals surface area contributed by atoms with Crippen molar-refractivity contribution in [1.29, 1.82) is 0 Å². The molecule has 1 aromatic heterocycles. The first-order chi connectivity index (χ1) is 13.2. The molecule has 1 unspecified atom stereocenters. The van der Waals surface area contributed by atoms with E-state index >= 15 is 0 Å². The summed E-state index contributed by atoms with van der Waals surface area (Å²) in [4.78, 5) is 19.9. The fraction of sp³-hybridized carbons (Fsp3) is 0.700. The Morgan fingerprint density at radius 1 is 1.33 bits per heavy atom. The summed E-state index contributed by atoms with van der Waals surface area (Å²) in [6.07, 6.45) is 4.64. The summed E-state index contributed by atoms with van der Waals surface area (Å²) < 4.78 is 11.2. The van der Waals surface area contributed by atoms with E-state index in [9.17, 15) is 4.79 Å². The van der Waals surface area contributed by atoms with Crippen LogP contribution in [0.1, 0.15) is 48.5 Å². The summed E-state index contributed by atoms with van der Waals surface area (Å²) in [7, 11) is 0. The van der Waals surface area contributed by atoms with Crippen molar-refractivity contribution in [3.63, 3.8) is 0 Å². The second-order valence-corrected chi connectivity index (χ2v) is 8.30. The number of carbonyl (C=O) groups is 1. The van der Waals surface area contributed by atoms with Crippen molar-refractivity contribution in [3.05, 3.63) is 17.2 Å². The van der Waals surface area contributed by atoms with E-state index in [0.29, 0.717) is 12.1 Å². The van der Waals surface area contributed by atoms with Gasteiger partial charge < -0.3 is 19.7 Å².